The third-order valence-corrected chi connectivity index (χ3v) is 7.25. The van der Waals surface area contributed by atoms with E-state index in [-0.39, 0.29) is 5.41 Å². The molecule has 2 heterocycles. The molecule has 0 saturated carbocycles. The summed E-state index contributed by atoms with van der Waals surface area (Å²) in [5.41, 5.74) is 2.97. The molecule has 3 aromatic rings. The first-order chi connectivity index (χ1) is 15.8. The largest absolute Gasteiger partial charge is 0.452 e. The molecule has 1 amide bonds. The highest BCUT2D eigenvalue weighted by atomic mass is 32.1. The third kappa shape index (κ3) is 4.99. The number of nitrogens with one attached hydrogen (secondary N) is 2. The van der Waals surface area contributed by atoms with Gasteiger partial charge in [-0.3, -0.25) is 4.79 Å². The molecule has 1 unspecified atom stereocenters. The molecular weight excluding hydrogens is 436 g/mol. The van der Waals surface area contributed by atoms with Gasteiger partial charge < -0.3 is 15.0 Å². The molecule has 7 nitrogen and oxygen atoms in total. The van der Waals surface area contributed by atoms with Gasteiger partial charge in [0.25, 0.3) is 5.91 Å². The number of H-pyrrole nitrogens is 1. The maximum atomic E-state index is 12.5. The van der Waals surface area contributed by atoms with Gasteiger partial charge in [0.05, 0.1) is 11.1 Å². The van der Waals surface area contributed by atoms with Crippen LogP contribution in [0.2, 0.25) is 0 Å². The monoisotopic (exact) mass is 462 g/mol. The lowest BCUT2D eigenvalue weighted by Crippen LogP contribution is -2.26. The molecule has 1 aliphatic rings. The van der Waals surface area contributed by atoms with E-state index in [2.05, 4.69) is 42.1 Å². The van der Waals surface area contributed by atoms with Crippen molar-refractivity contribution in [3.05, 3.63) is 58.2 Å². The fourth-order valence-corrected chi connectivity index (χ4v) is 5.39. The third-order valence-electron chi connectivity index (χ3n) is 6.08. The normalized spacial score (nSPS) is 15.4. The molecule has 1 atom stereocenters. The van der Waals surface area contributed by atoms with Crippen molar-refractivity contribution in [2.75, 3.05) is 11.9 Å². The van der Waals surface area contributed by atoms with Gasteiger partial charge in [-0.15, -0.1) is 11.3 Å². The second-order valence-electron chi connectivity index (χ2n) is 9.26. The lowest BCUT2D eigenvalue weighted by Gasteiger charge is -2.33. The average molecular weight is 463 g/mol. The van der Waals surface area contributed by atoms with Crippen LogP contribution in [0, 0.1) is 22.7 Å². The van der Waals surface area contributed by atoms with Gasteiger partial charge in [0, 0.05) is 22.8 Å². The number of imidazole rings is 1. The number of aromatic nitrogens is 2. The molecule has 2 N–H and O–H groups in total. The second kappa shape index (κ2) is 9.20. The van der Waals surface area contributed by atoms with E-state index in [1.165, 1.54) is 16.2 Å². The number of nitriles is 1. The first-order valence-corrected chi connectivity index (χ1v) is 11.7. The Morgan fingerprint density at radius 1 is 1.30 bits per heavy atom. The van der Waals surface area contributed by atoms with Crippen LogP contribution in [-0.2, 0) is 22.4 Å². The highest BCUT2D eigenvalue weighted by Gasteiger charge is 2.32. The van der Waals surface area contributed by atoms with E-state index in [9.17, 15) is 14.9 Å². The first kappa shape index (κ1) is 22.7. The number of thiophene rings is 1. The van der Waals surface area contributed by atoms with Crippen LogP contribution in [0.5, 0.6) is 0 Å². The van der Waals surface area contributed by atoms with Gasteiger partial charge in [0.1, 0.15) is 16.9 Å². The van der Waals surface area contributed by atoms with E-state index >= 15 is 0 Å². The van der Waals surface area contributed by atoms with E-state index in [0.717, 1.165) is 30.4 Å². The first-order valence-electron chi connectivity index (χ1n) is 10.9. The van der Waals surface area contributed by atoms with Gasteiger partial charge in [-0.05, 0) is 48.3 Å². The molecule has 8 heteroatoms. The molecule has 33 heavy (non-hydrogen) atoms. The van der Waals surface area contributed by atoms with Gasteiger partial charge in [-0.1, -0.05) is 32.9 Å². The molecule has 170 valence electrons. The minimum absolute atomic E-state index is 0.197. The van der Waals surface area contributed by atoms with E-state index in [4.69, 9.17) is 4.74 Å². The molecule has 0 aliphatic heterocycles. The molecule has 4 rings (SSSR count). The molecule has 0 fully saturated rings. The lowest BCUT2D eigenvalue weighted by molar-refractivity contribution is -0.119. The van der Waals surface area contributed by atoms with Crippen molar-refractivity contribution in [1.29, 1.82) is 5.26 Å². The zero-order valence-corrected chi connectivity index (χ0v) is 19.7. The zero-order chi connectivity index (χ0) is 23.6. The van der Waals surface area contributed by atoms with Crippen LogP contribution in [0.4, 0.5) is 5.00 Å². The number of aromatic amines is 1. The number of amides is 1. The van der Waals surface area contributed by atoms with E-state index in [1.54, 1.807) is 36.7 Å². The Bertz CT molecular complexity index is 1200. The van der Waals surface area contributed by atoms with Gasteiger partial charge >= 0.3 is 5.97 Å². The summed E-state index contributed by atoms with van der Waals surface area (Å²) in [6.07, 6.45) is 6.17. The van der Waals surface area contributed by atoms with Crippen LogP contribution in [0.1, 0.15) is 53.6 Å². The fourth-order valence-electron chi connectivity index (χ4n) is 4.10. The number of rotatable bonds is 5. The van der Waals surface area contributed by atoms with E-state index < -0.39 is 18.5 Å². The summed E-state index contributed by atoms with van der Waals surface area (Å²) in [6.45, 7) is 6.30. The number of nitrogens with zero attached hydrogens (tertiary/aromatic N) is 2. The minimum Gasteiger partial charge on any atom is -0.452 e. The number of fused-ring (bicyclic) bond motifs is 1. The lowest BCUT2D eigenvalue weighted by atomic mass is 9.72. The summed E-state index contributed by atoms with van der Waals surface area (Å²) < 4.78 is 5.18. The Hall–Kier alpha value is -3.44. The van der Waals surface area contributed by atoms with Gasteiger partial charge in [0.15, 0.2) is 6.61 Å². The zero-order valence-electron chi connectivity index (χ0n) is 18.9. The molecule has 2 aromatic heterocycles. The summed E-state index contributed by atoms with van der Waals surface area (Å²) in [5.74, 6) is 0.196. The quantitative estimate of drug-likeness (QED) is 0.521. The number of anilines is 1. The number of hydrogen-bond acceptors (Lipinski definition) is 6. The van der Waals surface area contributed by atoms with Crippen LogP contribution in [0.25, 0.3) is 11.4 Å². The highest BCUT2D eigenvalue weighted by Crippen LogP contribution is 2.43. The SMILES string of the molecule is CC(C)(C)C1CCc2c(sc(NC(=O)COC(=O)c3ccc(-c4ncc[nH]4)cc3)c2C#N)C1. The topological polar surface area (TPSA) is 108 Å². The molecular formula is C25H26N4O3S. The minimum atomic E-state index is -0.588. The van der Waals surface area contributed by atoms with Crippen molar-refractivity contribution in [2.45, 2.75) is 40.0 Å². The Morgan fingerprint density at radius 2 is 2.06 bits per heavy atom. The average Bonchev–Trinajstić information content (AvgIpc) is 3.44. The van der Waals surface area contributed by atoms with Crippen LogP contribution in [0.15, 0.2) is 36.7 Å². The molecule has 0 bridgehead atoms. The van der Waals surface area contributed by atoms with Gasteiger partial charge in [0.2, 0.25) is 0 Å². The number of hydrogen-bond donors (Lipinski definition) is 2. The van der Waals surface area contributed by atoms with Gasteiger partial charge in [-0.2, -0.15) is 5.26 Å². The summed E-state index contributed by atoms with van der Waals surface area (Å²) in [5, 5.41) is 13.0. The van der Waals surface area contributed by atoms with E-state index in [0.29, 0.717) is 27.9 Å². The molecule has 1 aliphatic carbocycles. The highest BCUT2D eigenvalue weighted by molar-refractivity contribution is 7.16. The summed E-state index contributed by atoms with van der Waals surface area (Å²) >= 11 is 1.46. The van der Waals surface area contributed by atoms with Crippen LogP contribution >= 0.6 is 11.3 Å². The fraction of sp³-hybridized carbons (Fsp3) is 0.360. The molecule has 0 radical (unpaired) electrons. The Balaban J connectivity index is 1.37. The number of ether oxygens (including phenoxy) is 1. The van der Waals surface area contributed by atoms with Gasteiger partial charge in [-0.25, -0.2) is 9.78 Å². The number of carbonyl (C=O) groups is 2. The van der Waals surface area contributed by atoms with Crippen molar-refractivity contribution >= 4 is 28.2 Å². The Morgan fingerprint density at radius 3 is 2.70 bits per heavy atom. The second-order valence-corrected chi connectivity index (χ2v) is 10.4. The molecule has 1 aromatic carbocycles. The smallest absolute Gasteiger partial charge is 0.338 e. The number of benzene rings is 1. The molecule has 0 saturated heterocycles. The maximum absolute atomic E-state index is 12.5. The van der Waals surface area contributed by atoms with Crippen molar-refractivity contribution in [3.63, 3.8) is 0 Å². The Labute approximate surface area is 196 Å². The van der Waals surface area contributed by atoms with Crippen molar-refractivity contribution in [3.8, 4) is 17.5 Å². The van der Waals surface area contributed by atoms with E-state index in [1.807, 2.05) is 0 Å². The van der Waals surface area contributed by atoms with Crippen LogP contribution in [-0.4, -0.2) is 28.5 Å². The summed E-state index contributed by atoms with van der Waals surface area (Å²) in [6, 6.07) is 9.03. The van der Waals surface area contributed by atoms with Crippen molar-refractivity contribution in [1.82, 2.24) is 9.97 Å². The summed E-state index contributed by atoms with van der Waals surface area (Å²) in [7, 11) is 0. The standard InChI is InChI=1S/C25H26N4O3S/c1-25(2,3)17-8-9-18-19(13-26)23(33-20(18)12-17)29-21(30)14-32-24(31)16-6-4-15(5-7-16)22-27-10-11-28-22/h4-7,10-11,17H,8-9,12,14H2,1-3H3,(H,27,28)(H,29,30). The number of esters is 1. The van der Waals surface area contributed by atoms with Crippen LogP contribution < -0.4 is 5.32 Å². The Kier molecular flexibility index (Phi) is 6.34. The van der Waals surface area contributed by atoms with Crippen molar-refractivity contribution in [2.24, 2.45) is 11.3 Å². The van der Waals surface area contributed by atoms with Crippen molar-refractivity contribution < 1.29 is 14.3 Å². The molecule has 0 spiro atoms. The predicted molar refractivity (Wildman–Crippen MR) is 127 cm³/mol. The predicted octanol–water partition coefficient (Wildman–Crippen LogP) is 4.96. The number of carbonyl (C=O) groups excluding carboxylic acids is 2. The maximum Gasteiger partial charge on any atom is 0.338 e. The van der Waals surface area contributed by atoms with Crippen LogP contribution in [0.3, 0.4) is 0 Å². The summed E-state index contributed by atoms with van der Waals surface area (Å²) in [4.78, 5) is 33.1.